The molecule has 0 atom stereocenters. The van der Waals surface area contributed by atoms with Crippen LogP contribution in [-0.2, 0) is 0 Å². The average molecular weight is 356 g/mol. The van der Waals surface area contributed by atoms with Crippen LogP contribution in [0.1, 0.15) is 22.3 Å². The van der Waals surface area contributed by atoms with Crippen LogP contribution in [0.25, 0.3) is 23.5 Å². The summed E-state index contributed by atoms with van der Waals surface area (Å²) in [5.41, 5.74) is 5.49. The lowest BCUT2D eigenvalue weighted by atomic mass is 10.0. The Kier molecular flexibility index (Phi) is 4.11. The molecule has 3 rings (SSSR count). The molecule has 0 saturated heterocycles. The highest BCUT2D eigenvalue weighted by Gasteiger charge is 2.04. The Morgan fingerprint density at radius 2 is 1.82 bits per heavy atom. The fourth-order valence-electron chi connectivity index (χ4n) is 2.32. The number of nitrogens with zero attached hydrogens (tertiary/aromatic N) is 4. The van der Waals surface area contributed by atoms with Gasteiger partial charge in [0.15, 0.2) is 0 Å². The lowest BCUT2D eigenvalue weighted by molar-refractivity contribution is 0.881. The molecule has 0 spiro atoms. The number of aromatic nitrogens is 5. The van der Waals surface area contributed by atoms with E-state index in [1.54, 1.807) is 6.20 Å². The summed E-state index contributed by atoms with van der Waals surface area (Å²) >= 11 is 3.52. The Balaban J connectivity index is 1.92. The molecule has 2 heterocycles. The molecule has 3 aromatic rings. The van der Waals surface area contributed by atoms with Crippen LogP contribution in [0, 0.1) is 13.8 Å². The van der Waals surface area contributed by atoms with Gasteiger partial charge in [0.05, 0.1) is 0 Å². The number of hydrogen-bond acceptors (Lipinski definition) is 4. The van der Waals surface area contributed by atoms with E-state index >= 15 is 0 Å². The molecule has 22 heavy (non-hydrogen) atoms. The minimum absolute atomic E-state index is 0.541. The lowest BCUT2D eigenvalue weighted by Crippen LogP contribution is -1.87. The maximum atomic E-state index is 4.23. The highest BCUT2D eigenvalue weighted by atomic mass is 79.9. The second-order valence-corrected chi connectivity index (χ2v) is 5.94. The van der Waals surface area contributed by atoms with Crippen LogP contribution in [0.2, 0.25) is 0 Å². The van der Waals surface area contributed by atoms with E-state index in [2.05, 4.69) is 73.6 Å². The maximum absolute atomic E-state index is 4.23. The van der Waals surface area contributed by atoms with Crippen molar-refractivity contribution in [1.29, 1.82) is 0 Å². The second-order valence-electron chi connectivity index (χ2n) is 5.03. The molecule has 0 aliphatic heterocycles. The fourth-order valence-corrected chi connectivity index (χ4v) is 3.01. The molecule has 0 aliphatic carbocycles. The van der Waals surface area contributed by atoms with Crippen LogP contribution in [-0.4, -0.2) is 25.6 Å². The summed E-state index contributed by atoms with van der Waals surface area (Å²) in [5, 5.41) is 13.9. The van der Waals surface area contributed by atoms with Crippen LogP contribution in [0.3, 0.4) is 0 Å². The number of tetrazole rings is 1. The zero-order chi connectivity index (χ0) is 15.5. The molecule has 0 radical (unpaired) electrons. The number of hydrogen-bond donors (Lipinski definition) is 1. The van der Waals surface area contributed by atoms with E-state index in [1.165, 1.54) is 16.7 Å². The second kappa shape index (κ2) is 6.19. The number of aromatic amines is 1. The lowest BCUT2D eigenvalue weighted by Gasteiger charge is -2.06. The Morgan fingerprint density at radius 1 is 1.05 bits per heavy atom. The van der Waals surface area contributed by atoms with Gasteiger partial charge in [0, 0.05) is 22.4 Å². The van der Waals surface area contributed by atoms with Crippen LogP contribution >= 0.6 is 15.9 Å². The Bertz CT molecular complexity index is 801. The first-order valence-corrected chi connectivity index (χ1v) is 7.56. The third kappa shape index (κ3) is 3.12. The standard InChI is InChI=1S/C16H14BrN5/c1-10-5-14(17)6-11(2)15(10)4-3-12-7-13(9-18-8-12)16-19-21-22-20-16/h3-9H,1-2H3,(H,19,20,21,22)/b4-3+. The van der Waals surface area contributed by atoms with Crippen molar-refractivity contribution < 1.29 is 0 Å². The quantitative estimate of drug-likeness (QED) is 0.775. The Hall–Kier alpha value is -2.34. The number of benzene rings is 1. The van der Waals surface area contributed by atoms with Gasteiger partial charge in [0.1, 0.15) is 0 Å². The average Bonchev–Trinajstić information content (AvgIpc) is 3.00. The van der Waals surface area contributed by atoms with Gasteiger partial charge in [0.2, 0.25) is 5.82 Å². The summed E-state index contributed by atoms with van der Waals surface area (Å²) in [6.45, 7) is 4.21. The van der Waals surface area contributed by atoms with Gasteiger partial charge in [-0.1, -0.05) is 28.1 Å². The fraction of sp³-hybridized carbons (Fsp3) is 0.125. The van der Waals surface area contributed by atoms with Crippen LogP contribution in [0.4, 0.5) is 0 Å². The molecule has 2 aromatic heterocycles. The van der Waals surface area contributed by atoms with Gasteiger partial charge < -0.3 is 0 Å². The number of aryl methyl sites for hydroxylation is 2. The summed E-state index contributed by atoms with van der Waals surface area (Å²) in [4.78, 5) is 4.23. The van der Waals surface area contributed by atoms with E-state index in [0.717, 1.165) is 15.6 Å². The van der Waals surface area contributed by atoms with Gasteiger partial charge in [-0.2, -0.15) is 5.21 Å². The molecule has 0 amide bonds. The zero-order valence-corrected chi connectivity index (χ0v) is 13.8. The molecule has 1 N–H and O–H groups in total. The first-order chi connectivity index (χ1) is 10.6. The minimum atomic E-state index is 0.541. The topological polar surface area (TPSA) is 67.3 Å². The van der Waals surface area contributed by atoms with E-state index in [9.17, 15) is 0 Å². The number of halogens is 1. The predicted molar refractivity (Wildman–Crippen MR) is 90.0 cm³/mol. The molecule has 0 fully saturated rings. The maximum Gasteiger partial charge on any atom is 0.206 e. The van der Waals surface area contributed by atoms with Crippen molar-refractivity contribution in [1.82, 2.24) is 25.6 Å². The van der Waals surface area contributed by atoms with Crippen molar-refractivity contribution in [3.63, 3.8) is 0 Å². The summed E-state index contributed by atoms with van der Waals surface area (Å²) < 4.78 is 1.10. The molecule has 110 valence electrons. The van der Waals surface area contributed by atoms with Gasteiger partial charge >= 0.3 is 0 Å². The Labute approximate surface area is 136 Å². The predicted octanol–water partition coefficient (Wildman–Crippen LogP) is 3.81. The van der Waals surface area contributed by atoms with Crippen LogP contribution in [0.15, 0.2) is 35.1 Å². The van der Waals surface area contributed by atoms with Gasteiger partial charge in [-0.3, -0.25) is 4.98 Å². The highest BCUT2D eigenvalue weighted by molar-refractivity contribution is 9.10. The Morgan fingerprint density at radius 3 is 2.50 bits per heavy atom. The molecule has 0 saturated carbocycles. The number of H-pyrrole nitrogens is 1. The molecule has 0 unspecified atom stereocenters. The smallest absolute Gasteiger partial charge is 0.206 e. The van der Waals surface area contributed by atoms with Crippen molar-refractivity contribution in [2.24, 2.45) is 0 Å². The van der Waals surface area contributed by atoms with Crippen molar-refractivity contribution in [2.45, 2.75) is 13.8 Å². The van der Waals surface area contributed by atoms with Gasteiger partial charge in [-0.15, -0.1) is 10.2 Å². The van der Waals surface area contributed by atoms with Gasteiger partial charge in [0.25, 0.3) is 0 Å². The van der Waals surface area contributed by atoms with E-state index in [1.807, 2.05) is 18.3 Å². The van der Waals surface area contributed by atoms with Crippen molar-refractivity contribution in [2.75, 3.05) is 0 Å². The third-order valence-corrected chi connectivity index (χ3v) is 3.82. The van der Waals surface area contributed by atoms with Crippen LogP contribution < -0.4 is 0 Å². The molecule has 0 aliphatic rings. The van der Waals surface area contributed by atoms with Gasteiger partial charge in [-0.25, -0.2) is 0 Å². The largest absolute Gasteiger partial charge is 0.263 e. The molecular formula is C16H14BrN5. The van der Waals surface area contributed by atoms with E-state index < -0.39 is 0 Å². The molecule has 5 nitrogen and oxygen atoms in total. The SMILES string of the molecule is Cc1cc(Br)cc(C)c1/C=C/c1cncc(-c2nn[nH]n2)c1. The zero-order valence-electron chi connectivity index (χ0n) is 12.2. The summed E-state index contributed by atoms with van der Waals surface area (Å²) in [5.74, 6) is 0.541. The van der Waals surface area contributed by atoms with Gasteiger partial charge in [-0.05, 0) is 59.5 Å². The number of nitrogens with one attached hydrogen (secondary N) is 1. The van der Waals surface area contributed by atoms with E-state index in [0.29, 0.717) is 5.82 Å². The molecule has 0 bridgehead atoms. The molecule has 6 heteroatoms. The van der Waals surface area contributed by atoms with Crippen molar-refractivity contribution >= 4 is 28.1 Å². The number of pyridine rings is 1. The normalized spacial score (nSPS) is 11.2. The third-order valence-electron chi connectivity index (χ3n) is 3.36. The molecular weight excluding hydrogens is 342 g/mol. The summed E-state index contributed by atoms with van der Waals surface area (Å²) in [6.07, 6.45) is 7.68. The monoisotopic (exact) mass is 355 g/mol. The minimum Gasteiger partial charge on any atom is -0.263 e. The van der Waals surface area contributed by atoms with Crippen molar-refractivity contribution in [3.05, 3.63) is 57.3 Å². The van der Waals surface area contributed by atoms with E-state index in [4.69, 9.17) is 0 Å². The first-order valence-electron chi connectivity index (χ1n) is 6.77. The number of rotatable bonds is 3. The van der Waals surface area contributed by atoms with E-state index in [-0.39, 0.29) is 0 Å². The summed E-state index contributed by atoms with van der Waals surface area (Å²) in [7, 11) is 0. The first kappa shape index (κ1) is 14.6. The van der Waals surface area contributed by atoms with Crippen molar-refractivity contribution in [3.8, 4) is 11.4 Å². The van der Waals surface area contributed by atoms with Crippen LogP contribution in [0.5, 0.6) is 0 Å². The molecule has 1 aromatic carbocycles. The summed E-state index contributed by atoms with van der Waals surface area (Å²) in [6, 6.07) is 6.21. The highest BCUT2D eigenvalue weighted by Crippen LogP contribution is 2.23.